The maximum atomic E-state index is 11.5. The number of likely N-dealkylation sites (N-methyl/N-ethyl adjacent to an activating group) is 1. The number of carboxylic acids is 1. The Balaban J connectivity index is 2.36. The molecule has 0 saturated heterocycles. The van der Waals surface area contributed by atoms with E-state index in [1.807, 2.05) is 4.90 Å². The Morgan fingerprint density at radius 1 is 1.33 bits per heavy atom. The van der Waals surface area contributed by atoms with E-state index >= 15 is 0 Å². The van der Waals surface area contributed by atoms with Crippen LogP contribution in [0.2, 0.25) is 0 Å². The first-order valence-corrected chi connectivity index (χ1v) is 5.16. The molecule has 5 nitrogen and oxygen atoms in total. The summed E-state index contributed by atoms with van der Waals surface area (Å²) in [6.45, 7) is 0.810. The smallest absolute Gasteiger partial charge is 0.304 e. The zero-order chi connectivity index (χ0) is 11.4. The second-order valence-electron chi connectivity index (χ2n) is 4.13. The molecule has 1 aliphatic rings. The molecule has 86 valence electrons. The van der Waals surface area contributed by atoms with Gasteiger partial charge in [0.2, 0.25) is 5.91 Å². The predicted molar refractivity (Wildman–Crippen MR) is 55.5 cm³/mol. The van der Waals surface area contributed by atoms with E-state index in [1.54, 1.807) is 14.1 Å². The molecule has 1 fully saturated rings. The van der Waals surface area contributed by atoms with E-state index in [0.29, 0.717) is 19.1 Å². The van der Waals surface area contributed by atoms with E-state index in [9.17, 15) is 9.59 Å². The van der Waals surface area contributed by atoms with Crippen molar-refractivity contribution in [2.75, 3.05) is 27.2 Å². The zero-order valence-corrected chi connectivity index (χ0v) is 9.27. The lowest BCUT2D eigenvalue weighted by Gasteiger charge is -2.22. The van der Waals surface area contributed by atoms with Crippen LogP contribution in [-0.2, 0) is 9.59 Å². The van der Waals surface area contributed by atoms with Gasteiger partial charge in [-0.05, 0) is 12.8 Å². The predicted octanol–water partition coefficient (Wildman–Crippen LogP) is 0.0137. The van der Waals surface area contributed by atoms with Crippen molar-refractivity contribution in [1.82, 2.24) is 9.80 Å². The molecule has 1 N–H and O–H groups in total. The van der Waals surface area contributed by atoms with E-state index in [4.69, 9.17) is 5.11 Å². The van der Waals surface area contributed by atoms with Crippen LogP contribution in [0.25, 0.3) is 0 Å². The molecule has 0 aromatic carbocycles. The fourth-order valence-electron chi connectivity index (χ4n) is 1.38. The van der Waals surface area contributed by atoms with Crippen molar-refractivity contribution in [3.63, 3.8) is 0 Å². The number of rotatable bonds is 6. The van der Waals surface area contributed by atoms with E-state index < -0.39 is 5.97 Å². The first-order valence-electron chi connectivity index (χ1n) is 5.16. The monoisotopic (exact) mass is 214 g/mol. The molecular weight excluding hydrogens is 196 g/mol. The van der Waals surface area contributed by atoms with Crippen LogP contribution in [0.4, 0.5) is 0 Å². The van der Waals surface area contributed by atoms with Crippen molar-refractivity contribution in [3.05, 3.63) is 0 Å². The van der Waals surface area contributed by atoms with E-state index in [-0.39, 0.29) is 12.3 Å². The van der Waals surface area contributed by atoms with Crippen LogP contribution in [0.3, 0.4) is 0 Å². The summed E-state index contributed by atoms with van der Waals surface area (Å²) < 4.78 is 0. The number of carbonyl (C=O) groups is 2. The summed E-state index contributed by atoms with van der Waals surface area (Å²) in [7, 11) is 3.43. The summed E-state index contributed by atoms with van der Waals surface area (Å²) in [4.78, 5) is 25.4. The van der Waals surface area contributed by atoms with Gasteiger partial charge in [-0.25, -0.2) is 0 Å². The van der Waals surface area contributed by atoms with Gasteiger partial charge in [0.15, 0.2) is 0 Å². The molecule has 1 aliphatic carbocycles. The van der Waals surface area contributed by atoms with Gasteiger partial charge >= 0.3 is 5.97 Å². The summed E-state index contributed by atoms with van der Waals surface area (Å²) >= 11 is 0. The van der Waals surface area contributed by atoms with Crippen molar-refractivity contribution in [3.8, 4) is 0 Å². The Morgan fingerprint density at radius 3 is 2.33 bits per heavy atom. The summed E-state index contributed by atoms with van der Waals surface area (Å²) in [6.07, 6.45) is 2.28. The number of carbonyl (C=O) groups excluding carboxylic acids is 1. The lowest BCUT2D eigenvalue weighted by Crippen LogP contribution is -2.38. The Hall–Kier alpha value is -1.10. The molecule has 0 radical (unpaired) electrons. The molecule has 0 atom stereocenters. The fraction of sp³-hybridized carbons (Fsp3) is 0.800. The van der Waals surface area contributed by atoms with Crippen LogP contribution in [0.5, 0.6) is 0 Å². The highest BCUT2D eigenvalue weighted by atomic mass is 16.4. The highest BCUT2D eigenvalue weighted by Gasteiger charge is 2.30. The van der Waals surface area contributed by atoms with Crippen molar-refractivity contribution in [2.45, 2.75) is 25.3 Å². The number of amides is 1. The fourth-order valence-corrected chi connectivity index (χ4v) is 1.38. The number of hydrogen-bond acceptors (Lipinski definition) is 3. The second kappa shape index (κ2) is 5.11. The Bertz CT molecular complexity index is 249. The Kier molecular flexibility index (Phi) is 4.08. The van der Waals surface area contributed by atoms with Crippen LogP contribution in [-0.4, -0.2) is 60.0 Å². The first-order chi connectivity index (χ1) is 7.00. The van der Waals surface area contributed by atoms with E-state index in [2.05, 4.69) is 0 Å². The number of nitrogens with zero attached hydrogens (tertiary/aromatic N) is 2. The summed E-state index contributed by atoms with van der Waals surface area (Å²) in [5.74, 6) is -0.773. The molecule has 0 unspecified atom stereocenters. The van der Waals surface area contributed by atoms with Gasteiger partial charge in [0.25, 0.3) is 0 Å². The zero-order valence-electron chi connectivity index (χ0n) is 9.27. The van der Waals surface area contributed by atoms with E-state index in [1.165, 1.54) is 4.90 Å². The molecule has 1 saturated carbocycles. The van der Waals surface area contributed by atoms with Gasteiger partial charge in [0.1, 0.15) is 0 Å². The van der Waals surface area contributed by atoms with Crippen LogP contribution in [0, 0.1) is 0 Å². The van der Waals surface area contributed by atoms with Gasteiger partial charge in [-0.15, -0.1) is 0 Å². The van der Waals surface area contributed by atoms with Gasteiger partial charge in [-0.2, -0.15) is 0 Å². The van der Waals surface area contributed by atoms with Gasteiger partial charge in [-0.1, -0.05) is 0 Å². The molecule has 0 aliphatic heterocycles. The minimum atomic E-state index is -0.807. The third-order valence-electron chi connectivity index (χ3n) is 2.51. The first kappa shape index (κ1) is 12.0. The Labute approximate surface area is 89.7 Å². The largest absolute Gasteiger partial charge is 0.481 e. The van der Waals surface area contributed by atoms with E-state index in [0.717, 1.165) is 12.8 Å². The van der Waals surface area contributed by atoms with Gasteiger partial charge in [0, 0.05) is 26.7 Å². The molecule has 0 bridgehead atoms. The van der Waals surface area contributed by atoms with Crippen molar-refractivity contribution in [2.24, 2.45) is 0 Å². The third-order valence-corrected chi connectivity index (χ3v) is 2.51. The molecule has 15 heavy (non-hydrogen) atoms. The van der Waals surface area contributed by atoms with Gasteiger partial charge < -0.3 is 10.0 Å². The average molecular weight is 214 g/mol. The van der Waals surface area contributed by atoms with Crippen LogP contribution >= 0.6 is 0 Å². The normalized spacial score (nSPS) is 15.4. The molecule has 1 rings (SSSR count). The number of carboxylic acid groups (broad SMARTS) is 1. The summed E-state index contributed by atoms with van der Waals surface area (Å²) in [5.41, 5.74) is 0. The standard InChI is InChI=1S/C10H18N2O3/c1-11(2)9(13)7-12(8-3-4-8)6-5-10(14)15/h8H,3-7H2,1-2H3,(H,14,15). The van der Waals surface area contributed by atoms with Crippen LogP contribution in [0.1, 0.15) is 19.3 Å². The highest BCUT2D eigenvalue weighted by molar-refractivity contribution is 5.77. The number of hydrogen-bond donors (Lipinski definition) is 1. The minimum Gasteiger partial charge on any atom is -0.481 e. The molecule has 0 aromatic heterocycles. The molecular formula is C10H18N2O3. The highest BCUT2D eigenvalue weighted by Crippen LogP contribution is 2.26. The van der Waals surface area contributed by atoms with Crippen LogP contribution < -0.4 is 0 Å². The quantitative estimate of drug-likeness (QED) is 0.677. The molecule has 5 heteroatoms. The van der Waals surface area contributed by atoms with Crippen molar-refractivity contribution in [1.29, 1.82) is 0 Å². The van der Waals surface area contributed by atoms with Crippen molar-refractivity contribution < 1.29 is 14.7 Å². The SMILES string of the molecule is CN(C)C(=O)CN(CCC(=O)O)C1CC1. The van der Waals surface area contributed by atoms with Crippen molar-refractivity contribution >= 4 is 11.9 Å². The molecule has 1 amide bonds. The van der Waals surface area contributed by atoms with Crippen LogP contribution in [0.15, 0.2) is 0 Å². The lowest BCUT2D eigenvalue weighted by molar-refractivity contribution is -0.138. The minimum absolute atomic E-state index is 0.0345. The topological polar surface area (TPSA) is 60.9 Å². The van der Waals surface area contributed by atoms with Gasteiger partial charge in [-0.3, -0.25) is 14.5 Å². The second-order valence-corrected chi connectivity index (χ2v) is 4.13. The third kappa shape index (κ3) is 4.29. The maximum Gasteiger partial charge on any atom is 0.304 e. The van der Waals surface area contributed by atoms with Gasteiger partial charge in [0.05, 0.1) is 13.0 Å². The molecule has 0 aromatic rings. The average Bonchev–Trinajstić information content (AvgIpc) is 2.94. The summed E-state index contributed by atoms with van der Waals surface area (Å²) in [6, 6.07) is 0.424. The molecule has 0 heterocycles. The lowest BCUT2D eigenvalue weighted by atomic mass is 10.3. The molecule has 0 spiro atoms. The summed E-state index contributed by atoms with van der Waals surface area (Å²) in [5, 5.41) is 8.59. The maximum absolute atomic E-state index is 11.5. The number of aliphatic carboxylic acids is 1. The Morgan fingerprint density at radius 2 is 1.93 bits per heavy atom.